The molecule has 0 radical (unpaired) electrons. The first-order valence-electron chi connectivity index (χ1n) is 8.76. The van der Waals surface area contributed by atoms with Crippen LogP contribution in [0.1, 0.15) is 16.8 Å². The molecule has 26 heavy (non-hydrogen) atoms. The second-order valence-corrected chi connectivity index (χ2v) is 6.58. The van der Waals surface area contributed by atoms with Crippen molar-refractivity contribution < 1.29 is 14.3 Å². The molecule has 5 nitrogen and oxygen atoms in total. The fourth-order valence-corrected chi connectivity index (χ4v) is 3.56. The van der Waals surface area contributed by atoms with Crippen molar-refractivity contribution in [1.29, 1.82) is 0 Å². The molecule has 0 fully saturated rings. The van der Waals surface area contributed by atoms with E-state index in [1.54, 1.807) is 14.2 Å². The fourth-order valence-electron chi connectivity index (χ4n) is 3.56. The third kappa shape index (κ3) is 3.01. The predicted octanol–water partition coefficient (Wildman–Crippen LogP) is 3.31. The molecule has 0 bridgehead atoms. The molecule has 134 valence electrons. The van der Waals surface area contributed by atoms with Gasteiger partial charge in [0.1, 0.15) is 11.5 Å². The molecule has 1 N–H and O–H groups in total. The highest BCUT2D eigenvalue weighted by atomic mass is 16.5. The SMILES string of the molecule is COc1ccc(CC(=O)N2CCc3[nH]c4ccc(OC)cc4c3C2)cc1. The van der Waals surface area contributed by atoms with Crippen LogP contribution in [-0.2, 0) is 24.2 Å². The summed E-state index contributed by atoms with van der Waals surface area (Å²) in [5.74, 6) is 1.79. The number of carbonyl (C=O) groups excluding carboxylic acids is 1. The van der Waals surface area contributed by atoms with Crippen LogP contribution >= 0.6 is 0 Å². The maximum Gasteiger partial charge on any atom is 0.227 e. The minimum absolute atomic E-state index is 0.151. The summed E-state index contributed by atoms with van der Waals surface area (Å²) < 4.78 is 10.5. The van der Waals surface area contributed by atoms with Gasteiger partial charge in [-0.2, -0.15) is 0 Å². The number of rotatable bonds is 4. The van der Waals surface area contributed by atoms with Crippen LogP contribution in [0.2, 0.25) is 0 Å². The Balaban J connectivity index is 1.54. The van der Waals surface area contributed by atoms with Gasteiger partial charge in [0, 0.05) is 41.7 Å². The molecule has 1 amide bonds. The van der Waals surface area contributed by atoms with E-state index in [1.165, 1.54) is 11.3 Å². The van der Waals surface area contributed by atoms with E-state index in [0.29, 0.717) is 13.0 Å². The van der Waals surface area contributed by atoms with Gasteiger partial charge in [-0.05, 0) is 35.9 Å². The van der Waals surface area contributed by atoms with Crippen LogP contribution in [0.4, 0.5) is 0 Å². The van der Waals surface area contributed by atoms with Crippen LogP contribution in [0.25, 0.3) is 10.9 Å². The smallest absolute Gasteiger partial charge is 0.227 e. The number of fused-ring (bicyclic) bond motifs is 3. The van der Waals surface area contributed by atoms with E-state index >= 15 is 0 Å². The zero-order valence-corrected chi connectivity index (χ0v) is 15.0. The first kappa shape index (κ1) is 16.5. The molecule has 1 aromatic heterocycles. The number of nitrogens with zero attached hydrogens (tertiary/aromatic N) is 1. The lowest BCUT2D eigenvalue weighted by molar-refractivity contribution is -0.131. The van der Waals surface area contributed by atoms with E-state index in [0.717, 1.165) is 40.9 Å². The lowest BCUT2D eigenvalue weighted by Gasteiger charge is -2.27. The second kappa shape index (κ2) is 6.75. The van der Waals surface area contributed by atoms with Crippen molar-refractivity contribution in [3.8, 4) is 11.5 Å². The number of aromatic amines is 1. The quantitative estimate of drug-likeness (QED) is 0.785. The van der Waals surface area contributed by atoms with E-state index in [9.17, 15) is 4.79 Å². The fraction of sp³-hybridized carbons (Fsp3) is 0.286. The molecule has 3 aromatic rings. The van der Waals surface area contributed by atoms with Gasteiger partial charge in [0.25, 0.3) is 0 Å². The zero-order valence-electron chi connectivity index (χ0n) is 15.0. The molecule has 0 saturated heterocycles. The van der Waals surface area contributed by atoms with Gasteiger partial charge in [-0.15, -0.1) is 0 Å². The van der Waals surface area contributed by atoms with Gasteiger partial charge < -0.3 is 19.4 Å². The molecule has 0 aliphatic carbocycles. The van der Waals surface area contributed by atoms with Gasteiger partial charge in [0.05, 0.1) is 20.6 Å². The van der Waals surface area contributed by atoms with Gasteiger partial charge in [0.2, 0.25) is 5.91 Å². The van der Waals surface area contributed by atoms with Crippen LogP contribution in [-0.4, -0.2) is 36.6 Å². The number of ether oxygens (including phenoxy) is 2. The molecule has 5 heteroatoms. The summed E-state index contributed by atoms with van der Waals surface area (Å²) in [4.78, 5) is 18.2. The highest BCUT2D eigenvalue weighted by Crippen LogP contribution is 2.30. The number of hydrogen-bond donors (Lipinski definition) is 1. The molecule has 0 saturated carbocycles. The summed E-state index contributed by atoms with van der Waals surface area (Å²) in [6, 6.07) is 13.7. The van der Waals surface area contributed by atoms with Crippen LogP contribution in [0.5, 0.6) is 11.5 Å². The van der Waals surface area contributed by atoms with Crippen LogP contribution in [0, 0.1) is 0 Å². The lowest BCUT2D eigenvalue weighted by Crippen LogP contribution is -2.36. The third-order valence-corrected chi connectivity index (χ3v) is 5.05. The third-order valence-electron chi connectivity index (χ3n) is 5.05. The van der Waals surface area contributed by atoms with Crippen molar-refractivity contribution in [3.05, 3.63) is 59.3 Å². The number of H-pyrrole nitrogens is 1. The summed E-state index contributed by atoms with van der Waals surface area (Å²) in [7, 11) is 3.31. The molecule has 4 rings (SSSR count). The Bertz CT molecular complexity index is 944. The van der Waals surface area contributed by atoms with Gasteiger partial charge in [-0.1, -0.05) is 12.1 Å². The van der Waals surface area contributed by atoms with Crippen LogP contribution in [0.15, 0.2) is 42.5 Å². The molecule has 2 heterocycles. The molecule has 2 aromatic carbocycles. The van der Waals surface area contributed by atoms with Crippen molar-refractivity contribution in [2.24, 2.45) is 0 Å². The Labute approximate surface area is 152 Å². The van der Waals surface area contributed by atoms with Gasteiger partial charge >= 0.3 is 0 Å². The Hall–Kier alpha value is -2.95. The zero-order chi connectivity index (χ0) is 18.1. The minimum Gasteiger partial charge on any atom is -0.497 e. The predicted molar refractivity (Wildman–Crippen MR) is 101 cm³/mol. The number of benzene rings is 2. The van der Waals surface area contributed by atoms with E-state index < -0.39 is 0 Å². The van der Waals surface area contributed by atoms with E-state index in [2.05, 4.69) is 4.98 Å². The number of methoxy groups -OCH3 is 2. The Kier molecular flexibility index (Phi) is 4.29. The summed E-state index contributed by atoms with van der Waals surface area (Å²) in [6.07, 6.45) is 1.26. The minimum atomic E-state index is 0.151. The molecule has 0 spiro atoms. The maximum atomic E-state index is 12.8. The average Bonchev–Trinajstić information content (AvgIpc) is 3.05. The molecule has 0 unspecified atom stereocenters. The van der Waals surface area contributed by atoms with Crippen LogP contribution < -0.4 is 9.47 Å². The monoisotopic (exact) mass is 350 g/mol. The van der Waals surface area contributed by atoms with Crippen molar-refractivity contribution in [2.75, 3.05) is 20.8 Å². The van der Waals surface area contributed by atoms with Crippen molar-refractivity contribution in [2.45, 2.75) is 19.4 Å². The second-order valence-electron chi connectivity index (χ2n) is 6.58. The molecule has 0 atom stereocenters. The number of amides is 1. The van der Waals surface area contributed by atoms with E-state index in [4.69, 9.17) is 9.47 Å². The number of aromatic nitrogens is 1. The first-order chi connectivity index (χ1) is 12.7. The Morgan fingerprint density at radius 1 is 1.08 bits per heavy atom. The maximum absolute atomic E-state index is 12.8. The van der Waals surface area contributed by atoms with Gasteiger partial charge in [-0.25, -0.2) is 0 Å². The number of hydrogen-bond acceptors (Lipinski definition) is 3. The van der Waals surface area contributed by atoms with Gasteiger partial charge in [-0.3, -0.25) is 4.79 Å². The van der Waals surface area contributed by atoms with E-state index in [1.807, 2.05) is 47.4 Å². The molecule has 1 aliphatic heterocycles. The summed E-state index contributed by atoms with van der Waals surface area (Å²) >= 11 is 0. The van der Waals surface area contributed by atoms with Crippen molar-refractivity contribution >= 4 is 16.8 Å². The first-order valence-corrected chi connectivity index (χ1v) is 8.76. The average molecular weight is 350 g/mol. The Morgan fingerprint density at radius 2 is 1.81 bits per heavy atom. The van der Waals surface area contributed by atoms with Crippen molar-refractivity contribution in [1.82, 2.24) is 9.88 Å². The van der Waals surface area contributed by atoms with Gasteiger partial charge in [0.15, 0.2) is 0 Å². The summed E-state index contributed by atoms with van der Waals surface area (Å²) in [5, 5.41) is 1.14. The molecular weight excluding hydrogens is 328 g/mol. The number of carbonyl (C=O) groups is 1. The van der Waals surface area contributed by atoms with Crippen molar-refractivity contribution in [3.63, 3.8) is 0 Å². The summed E-state index contributed by atoms with van der Waals surface area (Å²) in [5.41, 5.74) is 4.53. The standard InChI is InChI=1S/C21H22N2O3/c1-25-15-5-3-14(4-6-15)11-21(24)23-10-9-20-18(13-23)17-12-16(26-2)7-8-19(17)22-20/h3-8,12,22H,9-11,13H2,1-2H3. The largest absolute Gasteiger partial charge is 0.497 e. The lowest BCUT2D eigenvalue weighted by atomic mass is 10.0. The van der Waals surface area contributed by atoms with E-state index in [-0.39, 0.29) is 5.91 Å². The molecule has 1 aliphatic rings. The highest BCUT2D eigenvalue weighted by molar-refractivity contribution is 5.87. The topological polar surface area (TPSA) is 54.6 Å². The normalized spacial score (nSPS) is 13.5. The molecular formula is C21H22N2O3. The van der Waals surface area contributed by atoms with Crippen LogP contribution in [0.3, 0.4) is 0 Å². The highest BCUT2D eigenvalue weighted by Gasteiger charge is 2.24. The number of nitrogens with one attached hydrogen (secondary N) is 1. The summed E-state index contributed by atoms with van der Waals surface area (Å²) in [6.45, 7) is 1.38. The Morgan fingerprint density at radius 3 is 2.54 bits per heavy atom.